The zero-order valence-corrected chi connectivity index (χ0v) is 30.5. The van der Waals surface area contributed by atoms with E-state index in [1.807, 2.05) is 48.2 Å². The smallest absolute Gasteiger partial charge is 0.227 e. The Morgan fingerprint density at radius 3 is 2.45 bits per heavy atom. The molecule has 1 heterocycles. The Kier molecular flexibility index (Phi) is 12.2. The fraction of sp³-hybridized carbons (Fsp3) is 0.500. The lowest BCUT2D eigenvalue weighted by Crippen LogP contribution is -2.44. The van der Waals surface area contributed by atoms with Crippen LogP contribution < -0.4 is 14.8 Å². The molecule has 0 saturated carbocycles. The summed E-state index contributed by atoms with van der Waals surface area (Å²) >= 11 is 0. The van der Waals surface area contributed by atoms with Gasteiger partial charge in [-0.15, -0.1) is 0 Å². The highest BCUT2D eigenvalue weighted by Gasteiger charge is 2.39. The van der Waals surface area contributed by atoms with Gasteiger partial charge in [-0.1, -0.05) is 51.1 Å². The standard InChI is InChI=1S/C38H54N2O6Si/c1-9-45-35-22-31-24-40(16-15-29(31)21-34(35)44-6)37(43)19-28-12-10-11-27(18-28)17-26(2)39-23-36(46-47(7,8)38(3,4)5)30-13-14-33(42)32(20-30)25-41/h10-14,18,20-22,26,36,39,41-42H,9,15-17,19,23-25H2,1-8H3/t26-,36-/m1/s1. The molecule has 256 valence electrons. The molecule has 47 heavy (non-hydrogen) atoms. The Bertz CT molecular complexity index is 1520. The first kappa shape index (κ1) is 36.5. The van der Waals surface area contributed by atoms with Gasteiger partial charge in [-0.05, 0) is 96.9 Å². The molecule has 3 N–H and O–H groups in total. The van der Waals surface area contributed by atoms with Crippen molar-refractivity contribution in [3.63, 3.8) is 0 Å². The van der Waals surface area contributed by atoms with E-state index in [0.29, 0.717) is 44.0 Å². The van der Waals surface area contributed by atoms with Crippen LogP contribution >= 0.6 is 0 Å². The zero-order chi connectivity index (χ0) is 34.4. The molecule has 9 heteroatoms. The molecular weight excluding hydrogens is 609 g/mol. The Morgan fingerprint density at radius 2 is 1.77 bits per heavy atom. The van der Waals surface area contributed by atoms with Gasteiger partial charge >= 0.3 is 0 Å². The molecule has 0 spiro atoms. The number of aromatic hydroxyl groups is 1. The van der Waals surface area contributed by atoms with Gasteiger partial charge < -0.3 is 34.3 Å². The number of rotatable bonds is 14. The monoisotopic (exact) mass is 662 g/mol. The summed E-state index contributed by atoms with van der Waals surface area (Å²) in [4.78, 5) is 15.4. The first-order chi connectivity index (χ1) is 22.2. The van der Waals surface area contributed by atoms with Gasteiger partial charge in [-0.3, -0.25) is 4.79 Å². The minimum absolute atomic E-state index is 0.0308. The summed E-state index contributed by atoms with van der Waals surface area (Å²) in [5.41, 5.74) is 5.92. The summed E-state index contributed by atoms with van der Waals surface area (Å²) < 4.78 is 18.1. The third-order valence-corrected chi connectivity index (χ3v) is 14.1. The van der Waals surface area contributed by atoms with Gasteiger partial charge in [0.15, 0.2) is 19.8 Å². The second kappa shape index (κ2) is 15.7. The summed E-state index contributed by atoms with van der Waals surface area (Å²) in [6, 6.07) is 17.9. The Labute approximate surface area is 282 Å². The van der Waals surface area contributed by atoms with Crippen molar-refractivity contribution in [2.45, 2.75) is 97.3 Å². The molecule has 4 rings (SSSR count). The SMILES string of the molecule is CCOc1cc2c(cc1OC)CCN(C(=O)Cc1cccc(C[C@@H](C)NC[C@@H](O[Si](C)(C)C(C)(C)C)c3ccc(O)c(CO)c3)c1)C2. The van der Waals surface area contributed by atoms with E-state index in [0.717, 1.165) is 35.3 Å². The Morgan fingerprint density at radius 1 is 1.04 bits per heavy atom. The molecule has 8 nitrogen and oxygen atoms in total. The van der Waals surface area contributed by atoms with Gasteiger partial charge in [0.1, 0.15) is 5.75 Å². The number of benzene rings is 3. The average Bonchev–Trinajstić information content (AvgIpc) is 3.02. The second-order valence-corrected chi connectivity index (χ2v) is 18.9. The number of methoxy groups -OCH3 is 1. The molecule has 0 bridgehead atoms. The number of hydrogen-bond acceptors (Lipinski definition) is 7. The molecule has 3 aromatic rings. The number of carbonyl (C=O) groups excluding carboxylic acids is 1. The van der Waals surface area contributed by atoms with Crippen molar-refractivity contribution in [3.05, 3.63) is 88.0 Å². The van der Waals surface area contributed by atoms with Crippen molar-refractivity contribution in [2.75, 3.05) is 26.8 Å². The van der Waals surface area contributed by atoms with E-state index in [4.69, 9.17) is 13.9 Å². The number of nitrogens with zero attached hydrogens (tertiary/aromatic N) is 1. The molecule has 2 atom stereocenters. The van der Waals surface area contributed by atoms with Crippen molar-refractivity contribution in [1.82, 2.24) is 10.2 Å². The molecule has 1 aliphatic heterocycles. The van der Waals surface area contributed by atoms with E-state index < -0.39 is 8.32 Å². The van der Waals surface area contributed by atoms with E-state index in [2.05, 4.69) is 58.2 Å². The maximum Gasteiger partial charge on any atom is 0.227 e. The summed E-state index contributed by atoms with van der Waals surface area (Å²) in [5, 5.41) is 23.6. The highest BCUT2D eigenvalue weighted by molar-refractivity contribution is 6.74. The van der Waals surface area contributed by atoms with E-state index in [1.165, 1.54) is 11.1 Å². The van der Waals surface area contributed by atoms with Crippen LogP contribution in [0.5, 0.6) is 17.2 Å². The topological polar surface area (TPSA) is 100 Å². The van der Waals surface area contributed by atoms with Crippen LogP contribution in [0.25, 0.3) is 0 Å². The van der Waals surface area contributed by atoms with Crippen LogP contribution in [-0.2, 0) is 41.6 Å². The van der Waals surface area contributed by atoms with E-state index in [-0.39, 0.29) is 35.4 Å². The number of carbonyl (C=O) groups is 1. The van der Waals surface area contributed by atoms with E-state index >= 15 is 0 Å². The van der Waals surface area contributed by atoms with Crippen molar-refractivity contribution in [3.8, 4) is 17.2 Å². The number of amides is 1. The fourth-order valence-electron chi connectivity index (χ4n) is 5.78. The first-order valence-electron chi connectivity index (χ1n) is 16.8. The van der Waals surface area contributed by atoms with Crippen molar-refractivity contribution < 1.29 is 28.9 Å². The van der Waals surface area contributed by atoms with Gasteiger partial charge in [0.05, 0.1) is 32.8 Å². The normalized spacial score (nSPS) is 14.8. The number of ether oxygens (including phenoxy) is 2. The quantitative estimate of drug-likeness (QED) is 0.165. The second-order valence-electron chi connectivity index (χ2n) is 14.2. The lowest BCUT2D eigenvalue weighted by molar-refractivity contribution is -0.131. The highest BCUT2D eigenvalue weighted by atomic mass is 28.4. The van der Waals surface area contributed by atoms with Gasteiger partial charge in [0, 0.05) is 31.2 Å². The van der Waals surface area contributed by atoms with Crippen molar-refractivity contribution in [2.24, 2.45) is 0 Å². The summed E-state index contributed by atoms with van der Waals surface area (Å²) in [6.07, 6.45) is 1.72. The van der Waals surface area contributed by atoms with Crippen molar-refractivity contribution in [1.29, 1.82) is 0 Å². The van der Waals surface area contributed by atoms with E-state index in [9.17, 15) is 15.0 Å². The third kappa shape index (κ3) is 9.38. The fourth-order valence-corrected chi connectivity index (χ4v) is 7.07. The predicted molar refractivity (Wildman–Crippen MR) is 190 cm³/mol. The molecule has 0 unspecified atom stereocenters. The number of hydrogen-bond donors (Lipinski definition) is 3. The molecular formula is C38H54N2O6Si. The zero-order valence-electron chi connectivity index (χ0n) is 29.5. The van der Waals surface area contributed by atoms with Gasteiger partial charge in [-0.25, -0.2) is 0 Å². The Balaban J connectivity index is 1.39. The maximum absolute atomic E-state index is 13.4. The van der Waals surface area contributed by atoms with Gasteiger partial charge in [0.25, 0.3) is 0 Å². The lowest BCUT2D eigenvalue weighted by Gasteiger charge is -2.40. The molecule has 0 radical (unpaired) electrons. The summed E-state index contributed by atoms with van der Waals surface area (Å²) in [6.45, 7) is 17.4. The van der Waals surface area contributed by atoms with Crippen LogP contribution in [0.3, 0.4) is 0 Å². The highest BCUT2D eigenvalue weighted by Crippen LogP contribution is 2.40. The molecule has 1 aliphatic rings. The molecule has 0 aromatic heterocycles. The van der Waals surface area contributed by atoms with Gasteiger partial charge in [0.2, 0.25) is 5.91 Å². The van der Waals surface area contributed by atoms with E-state index in [1.54, 1.807) is 13.2 Å². The van der Waals surface area contributed by atoms with Crippen LogP contribution in [0.2, 0.25) is 18.1 Å². The molecule has 1 amide bonds. The van der Waals surface area contributed by atoms with Crippen molar-refractivity contribution >= 4 is 14.2 Å². The molecule has 0 saturated heterocycles. The number of fused-ring (bicyclic) bond motifs is 1. The predicted octanol–water partition coefficient (Wildman–Crippen LogP) is 6.70. The number of aliphatic hydroxyl groups excluding tert-OH is 1. The summed E-state index contributed by atoms with van der Waals surface area (Å²) in [7, 11) is -0.465. The molecule has 3 aromatic carbocycles. The van der Waals surface area contributed by atoms with Crippen LogP contribution in [0.15, 0.2) is 54.6 Å². The van der Waals surface area contributed by atoms with Crippen LogP contribution in [0.1, 0.15) is 74.1 Å². The van der Waals surface area contributed by atoms with Crippen LogP contribution in [0, 0.1) is 0 Å². The molecule has 0 fully saturated rings. The van der Waals surface area contributed by atoms with Crippen LogP contribution in [-0.4, -0.2) is 62.2 Å². The largest absolute Gasteiger partial charge is 0.508 e. The number of phenols is 1. The maximum atomic E-state index is 13.4. The minimum atomic E-state index is -2.12. The minimum Gasteiger partial charge on any atom is -0.508 e. The lowest BCUT2D eigenvalue weighted by atomic mass is 9.97. The molecule has 0 aliphatic carbocycles. The average molecular weight is 663 g/mol. The van der Waals surface area contributed by atoms with Gasteiger partial charge in [-0.2, -0.15) is 0 Å². The third-order valence-electron chi connectivity index (χ3n) is 9.58. The first-order valence-corrected chi connectivity index (χ1v) is 19.7. The number of aliphatic hydroxyl groups is 1. The number of nitrogens with one attached hydrogen (secondary N) is 1. The van der Waals surface area contributed by atoms with Crippen LogP contribution in [0.4, 0.5) is 0 Å². The Hall–Kier alpha value is -3.37. The summed E-state index contributed by atoms with van der Waals surface area (Å²) in [5.74, 6) is 1.66.